The Balaban J connectivity index is 4.32. The van der Waals surface area contributed by atoms with E-state index in [4.69, 9.17) is 11.6 Å². The van der Waals surface area contributed by atoms with E-state index in [0.29, 0.717) is 0 Å². The predicted octanol–water partition coefficient (Wildman–Crippen LogP) is 1.14. The van der Waals surface area contributed by atoms with Gasteiger partial charge >= 0.3 is 0 Å². The fraction of sp³-hybridized carbons (Fsp3) is 0.857. The first-order chi connectivity index (χ1) is 5.77. The van der Waals surface area contributed by atoms with Gasteiger partial charge in [0.25, 0.3) is 10.1 Å². The lowest BCUT2D eigenvalue weighted by atomic mass is 10.2. The Morgan fingerprint density at radius 1 is 1.38 bits per heavy atom. The van der Waals surface area contributed by atoms with Gasteiger partial charge in [0, 0.05) is 0 Å². The number of halogens is 1. The van der Waals surface area contributed by atoms with Crippen molar-refractivity contribution in [1.29, 1.82) is 0 Å². The maximum atomic E-state index is 11.2. The zero-order valence-corrected chi connectivity index (χ0v) is 9.35. The molecule has 1 atom stereocenters. The zero-order valence-electron chi connectivity index (χ0n) is 7.78. The minimum absolute atomic E-state index is 0.0598. The number of hydrogen-bond donors (Lipinski definition) is 0. The highest BCUT2D eigenvalue weighted by atomic mass is 35.5. The van der Waals surface area contributed by atoms with Crippen molar-refractivity contribution in [2.24, 2.45) is 5.92 Å². The fourth-order valence-electron chi connectivity index (χ4n) is 0.569. The molecule has 0 aromatic heterocycles. The van der Waals surface area contributed by atoms with Gasteiger partial charge in [0.2, 0.25) is 5.24 Å². The van der Waals surface area contributed by atoms with Crippen LogP contribution in [0, 0.1) is 5.92 Å². The maximum absolute atomic E-state index is 11.2. The molecule has 0 N–H and O–H groups in total. The van der Waals surface area contributed by atoms with E-state index in [1.807, 2.05) is 0 Å². The van der Waals surface area contributed by atoms with Crippen LogP contribution in [-0.2, 0) is 19.1 Å². The summed E-state index contributed by atoms with van der Waals surface area (Å²) in [5.41, 5.74) is 0. The summed E-state index contributed by atoms with van der Waals surface area (Å²) in [6.07, 6.45) is 0. The van der Waals surface area contributed by atoms with Crippen LogP contribution in [0.1, 0.15) is 20.8 Å². The lowest BCUT2D eigenvalue weighted by Gasteiger charge is -2.14. The van der Waals surface area contributed by atoms with Gasteiger partial charge in [-0.3, -0.25) is 8.98 Å². The van der Waals surface area contributed by atoms with E-state index in [-0.39, 0.29) is 5.92 Å². The van der Waals surface area contributed by atoms with Gasteiger partial charge in [0.15, 0.2) is 0 Å². The first-order valence-electron chi connectivity index (χ1n) is 3.84. The highest BCUT2D eigenvalue weighted by molar-refractivity contribution is 7.87. The molecule has 0 aromatic rings. The highest BCUT2D eigenvalue weighted by Crippen LogP contribution is 2.13. The largest absolute Gasteiger partial charge is 0.279 e. The minimum Gasteiger partial charge on any atom is -0.279 e. The van der Waals surface area contributed by atoms with E-state index in [2.05, 4.69) is 4.18 Å². The molecule has 0 aliphatic carbocycles. The van der Waals surface area contributed by atoms with Crippen LogP contribution in [0.15, 0.2) is 0 Å². The fourth-order valence-corrected chi connectivity index (χ4v) is 1.84. The normalized spacial score (nSPS) is 14.5. The van der Waals surface area contributed by atoms with Gasteiger partial charge in [-0.15, -0.1) is 0 Å². The van der Waals surface area contributed by atoms with E-state index in [0.717, 1.165) is 0 Å². The highest BCUT2D eigenvalue weighted by Gasteiger charge is 2.25. The van der Waals surface area contributed by atoms with Crippen molar-refractivity contribution in [1.82, 2.24) is 0 Å². The van der Waals surface area contributed by atoms with Gasteiger partial charge in [-0.05, 0) is 24.4 Å². The summed E-state index contributed by atoms with van der Waals surface area (Å²) in [4.78, 5) is 10.3. The molecule has 0 amide bonds. The molecule has 0 rings (SSSR count). The van der Waals surface area contributed by atoms with Crippen LogP contribution in [0.2, 0.25) is 0 Å². The summed E-state index contributed by atoms with van der Waals surface area (Å²) < 4.78 is 26.9. The Morgan fingerprint density at radius 2 is 1.85 bits per heavy atom. The van der Waals surface area contributed by atoms with Gasteiger partial charge in [-0.25, -0.2) is 0 Å². The van der Waals surface area contributed by atoms with Crippen molar-refractivity contribution in [2.75, 3.05) is 6.61 Å². The molecule has 4 nitrogen and oxygen atoms in total. The number of rotatable bonds is 5. The van der Waals surface area contributed by atoms with Gasteiger partial charge in [-0.1, -0.05) is 13.8 Å². The van der Waals surface area contributed by atoms with E-state index in [9.17, 15) is 13.2 Å². The third-order valence-corrected chi connectivity index (χ3v) is 3.74. The first-order valence-corrected chi connectivity index (χ1v) is 5.69. The molecule has 6 heteroatoms. The second-order valence-electron chi connectivity index (χ2n) is 3.06. The molecular weight excluding hydrogens is 216 g/mol. The number of hydrogen-bond acceptors (Lipinski definition) is 4. The van der Waals surface area contributed by atoms with E-state index in [1.54, 1.807) is 13.8 Å². The third-order valence-electron chi connectivity index (χ3n) is 1.73. The maximum Gasteiger partial charge on any atom is 0.270 e. The monoisotopic (exact) mass is 228 g/mol. The molecule has 0 fully saturated rings. The standard InChI is InChI=1S/C7H13ClO4S/c1-5(2)6(3)13(10,11)12-4-7(8)9/h5-6H,4H2,1-3H3. The minimum atomic E-state index is -3.66. The number of carbonyl (C=O) groups is 1. The molecule has 0 spiro atoms. The lowest BCUT2D eigenvalue weighted by molar-refractivity contribution is -0.113. The van der Waals surface area contributed by atoms with Crippen LogP contribution in [0.5, 0.6) is 0 Å². The van der Waals surface area contributed by atoms with Crippen molar-refractivity contribution in [3.8, 4) is 0 Å². The molecule has 0 radical (unpaired) electrons. The van der Waals surface area contributed by atoms with Gasteiger partial charge in [0.1, 0.15) is 6.61 Å². The predicted molar refractivity (Wildman–Crippen MR) is 50.0 cm³/mol. The van der Waals surface area contributed by atoms with Gasteiger partial charge < -0.3 is 0 Å². The molecule has 78 valence electrons. The summed E-state index contributed by atoms with van der Waals surface area (Å²) in [6, 6.07) is 0. The van der Waals surface area contributed by atoms with E-state index < -0.39 is 27.2 Å². The molecular formula is C7H13ClO4S. The summed E-state index contributed by atoms with van der Waals surface area (Å²) >= 11 is 4.94. The summed E-state index contributed by atoms with van der Waals surface area (Å²) in [6.45, 7) is 4.45. The van der Waals surface area contributed by atoms with Crippen molar-refractivity contribution < 1.29 is 17.4 Å². The average Bonchev–Trinajstić information content (AvgIpc) is 1.99. The molecule has 0 bridgehead atoms. The summed E-state index contributed by atoms with van der Waals surface area (Å²) in [5.74, 6) is -0.0598. The Bertz CT molecular complexity index is 270. The molecule has 1 unspecified atom stereocenters. The molecule has 0 saturated heterocycles. The summed E-state index contributed by atoms with van der Waals surface area (Å²) in [7, 11) is -3.66. The second-order valence-corrected chi connectivity index (χ2v) is 5.45. The second kappa shape index (κ2) is 4.93. The molecule has 0 aliphatic heterocycles. The topological polar surface area (TPSA) is 60.4 Å². The van der Waals surface area contributed by atoms with Crippen molar-refractivity contribution in [3.05, 3.63) is 0 Å². The lowest BCUT2D eigenvalue weighted by Crippen LogP contribution is -2.26. The zero-order chi connectivity index (χ0) is 10.6. The van der Waals surface area contributed by atoms with Crippen LogP contribution in [-0.4, -0.2) is 25.5 Å². The van der Waals surface area contributed by atoms with Crippen molar-refractivity contribution >= 4 is 27.0 Å². The Kier molecular flexibility index (Phi) is 4.88. The van der Waals surface area contributed by atoms with Gasteiger partial charge in [0.05, 0.1) is 5.25 Å². The van der Waals surface area contributed by atoms with E-state index >= 15 is 0 Å². The quantitative estimate of drug-likeness (QED) is 0.523. The van der Waals surface area contributed by atoms with Gasteiger partial charge in [-0.2, -0.15) is 8.42 Å². The van der Waals surface area contributed by atoms with Crippen LogP contribution in [0.25, 0.3) is 0 Å². The number of carbonyl (C=O) groups excluding carboxylic acids is 1. The van der Waals surface area contributed by atoms with Crippen molar-refractivity contribution in [3.63, 3.8) is 0 Å². The molecule has 0 aliphatic rings. The molecule has 0 aromatic carbocycles. The molecule has 13 heavy (non-hydrogen) atoms. The Morgan fingerprint density at radius 3 is 2.15 bits per heavy atom. The smallest absolute Gasteiger partial charge is 0.270 e. The SMILES string of the molecule is CC(C)C(C)S(=O)(=O)OCC(=O)Cl. The Labute approximate surface area is 83.3 Å². The first kappa shape index (κ1) is 12.9. The van der Waals surface area contributed by atoms with Crippen molar-refractivity contribution in [2.45, 2.75) is 26.0 Å². The molecule has 0 heterocycles. The van der Waals surface area contributed by atoms with Crippen LogP contribution < -0.4 is 0 Å². The summed E-state index contributed by atoms with van der Waals surface area (Å²) in [5, 5.41) is -1.46. The van der Waals surface area contributed by atoms with Crippen LogP contribution in [0.4, 0.5) is 0 Å². The average molecular weight is 229 g/mol. The third kappa shape index (κ3) is 4.59. The van der Waals surface area contributed by atoms with E-state index in [1.165, 1.54) is 6.92 Å². The van der Waals surface area contributed by atoms with Crippen LogP contribution in [0.3, 0.4) is 0 Å². The Hall–Kier alpha value is -0.130. The van der Waals surface area contributed by atoms with Crippen LogP contribution >= 0.6 is 11.6 Å². The molecule has 0 saturated carbocycles.